The van der Waals surface area contributed by atoms with Gasteiger partial charge in [-0.2, -0.15) is 0 Å². The Balaban J connectivity index is 1.91. The minimum atomic E-state index is 0.0232. The van der Waals surface area contributed by atoms with Crippen molar-refractivity contribution in [2.75, 3.05) is 13.2 Å². The number of benzene rings is 1. The maximum absolute atomic E-state index is 5.86. The highest BCUT2D eigenvalue weighted by Crippen LogP contribution is 2.27. The highest BCUT2D eigenvalue weighted by molar-refractivity contribution is 9.10. The lowest BCUT2D eigenvalue weighted by molar-refractivity contribution is -0.0110. The van der Waals surface area contributed by atoms with Gasteiger partial charge < -0.3 is 15.2 Å². The molecule has 18 heavy (non-hydrogen) atoms. The van der Waals surface area contributed by atoms with Crippen molar-refractivity contribution in [2.45, 2.75) is 38.3 Å². The Kier molecular flexibility index (Phi) is 5.03. The molecule has 2 unspecified atom stereocenters. The van der Waals surface area contributed by atoms with E-state index in [0.717, 1.165) is 28.8 Å². The molecule has 2 N–H and O–H groups in total. The van der Waals surface area contributed by atoms with E-state index in [0.29, 0.717) is 6.61 Å². The molecule has 0 aromatic heterocycles. The van der Waals surface area contributed by atoms with Crippen molar-refractivity contribution in [3.8, 4) is 5.75 Å². The van der Waals surface area contributed by atoms with Gasteiger partial charge in [-0.25, -0.2) is 0 Å². The molecule has 0 amide bonds. The quantitative estimate of drug-likeness (QED) is 0.926. The van der Waals surface area contributed by atoms with Crippen LogP contribution in [0.2, 0.25) is 0 Å². The van der Waals surface area contributed by atoms with Crippen molar-refractivity contribution in [3.05, 3.63) is 28.2 Å². The Morgan fingerprint density at radius 1 is 1.50 bits per heavy atom. The van der Waals surface area contributed by atoms with E-state index in [1.165, 1.54) is 12.8 Å². The summed E-state index contributed by atoms with van der Waals surface area (Å²) in [6, 6.07) is 5.97. The first-order valence-corrected chi connectivity index (χ1v) is 7.25. The van der Waals surface area contributed by atoms with E-state index in [-0.39, 0.29) is 12.1 Å². The van der Waals surface area contributed by atoms with Crippen molar-refractivity contribution in [3.63, 3.8) is 0 Å². The third-order valence-electron chi connectivity index (χ3n) is 3.17. The van der Waals surface area contributed by atoms with Gasteiger partial charge in [-0.05, 0) is 43.9 Å². The Bertz CT molecular complexity index is 389. The number of ether oxygens (including phenoxy) is 2. The molecule has 100 valence electrons. The lowest BCUT2D eigenvalue weighted by atomic mass is 10.1. The fraction of sp³-hybridized carbons (Fsp3) is 0.571. The zero-order valence-electron chi connectivity index (χ0n) is 10.7. The largest absolute Gasteiger partial charge is 0.491 e. The summed E-state index contributed by atoms with van der Waals surface area (Å²) in [7, 11) is 0. The average Bonchev–Trinajstić information content (AvgIpc) is 2.37. The highest BCUT2D eigenvalue weighted by atomic mass is 79.9. The lowest BCUT2D eigenvalue weighted by Gasteiger charge is -2.22. The first-order chi connectivity index (χ1) is 8.66. The van der Waals surface area contributed by atoms with Crippen LogP contribution < -0.4 is 10.5 Å². The van der Waals surface area contributed by atoms with Gasteiger partial charge >= 0.3 is 0 Å². The average molecular weight is 314 g/mol. The molecule has 4 heteroatoms. The Labute approximate surface area is 117 Å². The minimum absolute atomic E-state index is 0.0232. The summed E-state index contributed by atoms with van der Waals surface area (Å²) in [4.78, 5) is 0. The molecule has 1 aromatic carbocycles. The summed E-state index contributed by atoms with van der Waals surface area (Å²) < 4.78 is 12.4. The van der Waals surface area contributed by atoms with E-state index in [1.54, 1.807) is 0 Å². The smallest absolute Gasteiger partial charge is 0.120 e. The normalized spacial score (nSPS) is 21.6. The molecule has 1 heterocycles. The molecule has 3 nitrogen and oxygen atoms in total. The molecule has 1 aromatic rings. The third kappa shape index (κ3) is 3.70. The van der Waals surface area contributed by atoms with Gasteiger partial charge in [-0.15, -0.1) is 0 Å². The second-order valence-corrected chi connectivity index (χ2v) is 5.63. The SMILES string of the molecule is CC(N)c1ccc(OCC2CCCCO2)cc1Br. The van der Waals surface area contributed by atoms with Gasteiger partial charge in [-0.3, -0.25) is 0 Å². The van der Waals surface area contributed by atoms with Gasteiger partial charge in [0.2, 0.25) is 0 Å². The molecule has 2 atom stereocenters. The zero-order chi connectivity index (χ0) is 13.0. The van der Waals surface area contributed by atoms with Crippen LogP contribution in [0.5, 0.6) is 5.75 Å². The second-order valence-electron chi connectivity index (χ2n) is 4.77. The van der Waals surface area contributed by atoms with E-state index in [2.05, 4.69) is 15.9 Å². The van der Waals surface area contributed by atoms with Crippen LogP contribution in [0.4, 0.5) is 0 Å². The van der Waals surface area contributed by atoms with Gasteiger partial charge in [0, 0.05) is 17.1 Å². The van der Waals surface area contributed by atoms with Gasteiger partial charge in [0.25, 0.3) is 0 Å². The molecular weight excluding hydrogens is 294 g/mol. The second kappa shape index (κ2) is 6.55. The Morgan fingerprint density at radius 3 is 2.94 bits per heavy atom. The lowest BCUT2D eigenvalue weighted by Crippen LogP contribution is -2.25. The molecule has 0 radical (unpaired) electrons. The number of hydrogen-bond acceptors (Lipinski definition) is 3. The Hall–Kier alpha value is -0.580. The summed E-state index contributed by atoms with van der Waals surface area (Å²) in [5, 5.41) is 0. The highest BCUT2D eigenvalue weighted by Gasteiger charge is 2.14. The summed E-state index contributed by atoms with van der Waals surface area (Å²) in [5.41, 5.74) is 6.96. The molecule has 0 aliphatic carbocycles. The van der Waals surface area contributed by atoms with Crippen LogP contribution in [-0.2, 0) is 4.74 Å². The first kappa shape index (κ1) is 13.8. The van der Waals surface area contributed by atoms with E-state index in [1.807, 2.05) is 25.1 Å². The predicted octanol–water partition coefficient (Wildman–Crippen LogP) is 3.42. The number of rotatable bonds is 4. The van der Waals surface area contributed by atoms with Crippen molar-refractivity contribution in [2.24, 2.45) is 5.73 Å². The van der Waals surface area contributed by atoms with Crippen LogP contribution in [0.15, 0.2) is 22.7 Å². The summed E-state index contributed by atoms with van der Waals surface area (Å²) in [6.45, 7) is 3.46. The molecule has 1 saturated heterocycles. The molecule has 2 rings (SSSR count). The molecule has 0 spiro atoms. The predicted molar refractivity (Wildman–Crippen MR) is 75.8 cm³/mol. The number of nitrogens with two attached hydrogens (primary N) is 1. The van der Waals surface area contributed by atoms with Gasteiger partial charge in [-0.1, -0.05) is 22.0 Å². The van der Waals surface area contributed by atoms with Crippen LogP contribution >= 0.6 is 15.9 Å². The van der Waals surface area contributed by atoms with Crippen molar-refractivity contribution < 1.29 is 9.47 Å². The van der Waals surface area contributed by atoms with Crippen LogP contribution in [0.25, 0.3) is 0 Å². The van der Waals surface area contributed by atoms with Crippen LogP contribution in [0.3, 0.4) is 0 Å². The van der Waals surface area contributed by atoms with Gasteiger partial charge in [0.1, 0.15) is 12.4 Å². The maximum atomic E-state index is 5.86. The molecule has 0 bridgehead atoms. The minimum Gasteiger partial charge on any atom is -0.491 e. The van der Waals surface area contributed by atoms with E-state index < -0.39 is 0 Å². The zero-order valence-corrected chi connectivity index (χ0v) is 12.3. The van der Waals surface area contributed by atoms with Gasteiger partial charge in [0.15, 0.2) is 0 Å². The summed E-state index contributed by atoms with van der Waals surface area (Å²) in [6.07, 6.45) is 3.75. The van der Waals surface area contributed by atoms with Crippen LogP contribution in [0, 0.1) is 0 Å². The molecule has 1 aliphatic rings. The fourth-order valence-electron chi connectivity index (χ4n) is 2.09. The van der Waals surface area contributed by atoms with Crippen LogP contribution in [-0.4, -0.2) is 19.3 Å². The maximum Gasteiger partial charge on any atom is 0.120 e. The van der Waals surface area contributed by atoms with Crippen molar-refractivity contribution in [1.29, 1.82) is 0 Å². The topological polar surface area (TPSA) is 44.5 Å². The standard InChI is InChI=1S/C14H20BrNO2/c1-10(16)13-6-5-11(8-14(13)15)18-9-12-4-2-3-7-17-12/h5-6,8,10,12H,2-4,7,9,16H2,1H3. The third-order valence-corrected chi connectivity index (χ3v) is 3.86. The van der Waals surface area contributed by atoms with E-state index in [4.69, 9.17) is 15.2 Å². The fourth-order valence-corrected chi connectivity index (χ4v) is 2.81. The van der Waals surface area contributed by atoms with E-state index >= 15 is 0 Å². The number of halogens is 1. The molecule has 0 saturated carbocycles. The number of hydrogen-bond donors (Lipinski definition) is 1. The molecule has 1 aliphatic heterocycles. The van der Waals surface area contributed by atoms with Crippen LogP contribution in [0.1, 0.15) is 37.8 Å². The van der Waals surface area contributed by atoms with E-state index in [9.17, 15) is 0 Å². The molecule has 1 fully saturated rings. The van der Waals surface area contributed by atoms with Crippen molar-refractivity contribution >= 4 is 15.9 Å². The summed E-state index contributed by atoms with van der Waals surface area (Å²) >= 11 is 3.52. The first-order valence-electron chi connectivity index (χ1n) is 6.46. The Morgan fingerprint density at radius 2 is 2.33 bits per heavy atom. The monoisotopic (exact) mass is 313 g/mol. The van der Waals surface area contributed by atoms with Gasteiger partial charge in [0.05, 0.1) is 6.10 Å². The molecular formula is C14H20BrNO2. The summed E-state index contributed by atoms with van der Waals surface area (Å²) in [5.74, 6) is 0.862. The van der Waals surface area contributed by atoms with Crippen molar-refractivity contribution in [1.82, 2.24) is 0 Å².